The van der Waals surface area contributed by atoms with Crippen LogP contribution in [-0.4, -0.2) is 56.9 Å². The van der Waals surface area contributed by atoms with Crippen LogP contribution in [-0.2, 0) is 11.3 Å². The Morgan fingerprint density at radius 1 is 1.15 bits per heavy atom. The molecule has 2 aromatic heterocycles. The van der Waals surface area contributed by atoms with Gasteiger partial charge < -0.3 is 15.0 Å². The summed E-state index contributed by atoms with van der Waals surface area (Å²) in [5, 5.41) is 7.55. The molecule has 0 unspecified atom stereocenters. The number of nitrogens with zero attached hydrogens (tertiary/aromatic N) is 5. The van der Waals surface area contributed by atoms with E-state index in [1.807, 2.05) is 30.3 Å². The molecule has 8 nitrogen and oxygen atoms in total. The molecule has 1 aromatic carbocycles. The molecule has 0 aliphatic carbocycles. The van der Waals surface area contributed by atoms with Crippen molar-refractivity contribution in [3.8, 4) is 5.82 Å². The Bertz CT molecular complexity index is 905. The Morgan fingerprint density at radius 2 is 1.96 bits per heavy atom. The molecular weight excluding hydrogens is 344 g/mol. The fraction of sp³-hybridized carbons (Fsp3) is 0.263. The van der Waals surface area contributed by atoms with E-state index in [4.69, 9.17) is 4.74 Å². The lowest BCUT2D eigenvalue weighted by Crippen LogP contribution is -2.40. The molecule has 1 amide bonds. The molecule has 0 radical (unpaired) electrons. The van der Waals surface area contributed by atoms with Gasteiger partial charge in [0.25, 0.3) is 5.91 Å². The van der Waals surface area contributed by atoms with Gasteiger partial charge in [-0.1, -0.05) is 30.3 Å². The van der Waals surface area contributed by atoms with Gasteiger partial charge in [0.2, 0.25) is 0 Å². The summed E-state index contributed by atoms with van der Waals surface area (Å²) in [5.74, 6) is 1.25. The van der Waals surface area contributed by atoms with Gasteiger partial charge in [-0.15, -0.1) is 0 Å². The summed E-state index contributed by atoms with van der Waals surface area (Å²) >= 11 is 0. The van der Waals surface area contributed by atoms with Gasteiger partial charge in [0, 0.05) is 31.9 Å². The Kier molecular flexibility index (Phi) is 5.06. The molecule has 1 saturated heterocycles. The first kappa shape index (κ1) is 17.2. The smallest absolute Gasteiger partial charge is 0.257 e. The molecule has 8 heteroatoms. The van der Waals surface area contributed by atoms with E-state index < -0.39 is 0 Å². The van der Waals surface area contributed by atoms with Crippen molar-refractivity contribution < 1.29 is 9.53 Å². The Labute approximate surface area is 156 Å². The summed E-state index contributed by atoms with van der Waals surface area (Å²) < 4.78 is 6.88. The summed E-state index contributed by atoms with van der Waals surface area (Å²) in [7, 11) is 0. The zero-order valence-electron chi connectivity index (χ0n) is 14.8. The third-order valence-electron chi connectivity index (χ3n) is 4.33. The number of morpholine rings is 1. The van der Waals surface area contributed by atoms with Gasteiger partial charge in [-0.25, -0.2) is 14.6 Å². The van der Waals surface area contributed by atoms with Crippen molar-refractivity contribution in [2.45, 2.75) is 6.54 Å². The maximum absolute atomic E-state index is 12.5. The average Bonchev–Trinajstić information content (AvgIpc) is 3.24. The molecular formula is C19H20N6O2. The van der Waals surface area contributed by atoms with Crippen LogP contribution in [0.5, 0.6) is 0 Å². The number of carbonyl (C=O) groups excluding carboxylic acids is 1. The largest absolute Gasteiger partial charge is 0.378 e. The van der Waals surface area contributed by atoms with Crippen LogP contribution in [0, 0.1) is 0 Å². The molecule has 27 heavy (non-hydrogen) atoms. The topological polar surface area (TPSA) is 85.2 Å². The van der Waals surface area contributed by atoms with Crippen molar-refractivity contribution in [2.75, 3.05) is 31.6 Å². The molecule has 3 aromatic rings. The third-order valence-corrected chi connectivity index (χ3v) is 4.33. The lowest BCUT2D eigenvalue weighted by atomic mass is 10.2. The highest BCUT2D eigenvalue weighted by Crippen LogP contribution is 2.13. The summed E-state index contributed by atoms with van der Waals surface area (Å²) in [6, 6.07) is 11.9. The molecule has 4 rings (SSSR count). The summed E-state index contributed by atoms with van der Waals surface area (Å²) in [4.78, 5) is 22.8. The van der Waals surface area contributed by atoms with Crippen LogP contribution >= 0.6 is 0 Å². The Hall–Kier alpha value is -3.26. The van der Waals surface area contributed by atoms with Crippen LogP contribution in [0.3, 0.4) is 0 Å². The van der Waals surface area contributed by atoms with Crippen LogP contribution in [0.25, 0.3) is 5.82 Å². The van der Waals surface area contributed by atoms with Crippen LogP contribution in [0.4, 0.5) is 5.82 Å². The van der Waals surface area contributed by atoms with E-state index in [1.165, 1.54) is 6.33 Å². The van der Waals surface area contributed by atoms with Crippen LogP contribution < -0.4 is 5.32 Å². The minimum absolute atomic E-state index is 0.0407. The summed E-state index contributed by atoms with van der Waals surface area (Å²) in [5.41, 5.74) is 1.70. The Balaban J connectivity index is 1.46. The number of ether oxygens (including phenoxy) is 1. The quantitative estimate of drug-likeness (QED) is 0.742. The molecule has 3 heterocycles. The van der Waals surface area contributed by atoms with E-state index in [0.717, 1.165) is 5.56 Å². The van der Waals surface area contributed by atoms with Crippen molar-refractivity contribution in [1.82, 2.24) is 24.6 Å². The second-order valence-electron chi connectivity index (χ2n) is 6.18. The van der Waals surface area contributed by atoms with Gasteiger partial charge in [-0.2, -0.15) is 5.10 Å². The standard InChI is InChI=1S/C19H20N6O2/c26-19(24-6-8-27-9-7-24)16-12-23-25(13-16)18-10-17(21-14-22-18)20-11-15-4-2-1-3-5-15/h1-5,10,12-14H,6-9,11H2,(H,20,21,22). The van der Waals surface area contributed by atoms with E-state index in [9.17, 15) is 4.79 Å². The lowest BCUT2D eigenvalue weighted by Gasteiger charge is -2.26. The van der Waals surface area contributed by atoms with Gasteiger partial charge >= 0.3 is 0 Å². The van der Waals surface area contributed by atoms with E-state index in [0.29, 0.717) is 50.0 Å². The normalized spacial score (nSPS) is 14.1. The predicted molar refractivity (Wildman–Crippen MR) is 99.6 cm³/mol. The van der Waals surface area contributed by atoms with E-state index in [1.54, 1.807) is 28.0 Å². The molecule has 138 valence electrons. The molecule has 0 atom stereocenters. The first-order valence-corrected chi connectivity index (χ1v) is 8.81. The van der Waals surface area contributed by atoms with Gasteiger partial charge in [0.05, 0.1) is 25.0 Å². The molecule has 0 bridgehead atoms. The second kappa shape index (κ2) is 7.96. The van der Waals surface area contributed by atoms with Crippen LogP contribution in [0.1, 0.15) is 15.9 Å². The molecule has 1 aliphatic heterocycles. The molecule has 1 N–H and O–H groups in total. The number of nitrogens with one attached hydrogen (secondary N) is 1. The highest BCUT2D eigenvalue weighted by molar-refractivity contribution is 5.93. The lowest BCUT2D eigenvalue weighted by molar-refractivity contribution is 0.0303. The van der Waals surface area contributed by atoms with Crippen molar-refractivity contribution in [2.24, 2.45) is 0 Å². The monoisotopic (exact) mass is 364 g/mol. The van der Waals surface area contributed by atoms with E-state index in [2.05, 4.69) is 20.4 Å². The van der Waals surface area contributed by atoms with E-state index >= 15 is 0 Å². The maximum atomic E-state index is 12.5. The number of hydrogen-bond donors (Lipinski definition) is 1. The maximum Gasteiger partial charge on any atom is 0.257 e. The first-order chi connectivity index (χ1) is 13.3. The zero-order valence-corrected chi connectivity index (χ0v) is 14.8. The summed E-state index contributed by atoms with van der Waals surface area (Å²) in [6.07, 6.45) is 4.74. The van der Waals surface area contributed by atoms with Crippen LogP contribution in [0.2, 0.25) is 0 Å². The third kappa shape index (κ3) is 4.12. The fourth-order valence-corrected chi connectivity index (χ4v) is 2.87. The predicted octanol–water partition coefficient (Wildman–Crippen LogP) is 1.75. The first-order valence-electron chi connectivity index (χ1n) is 8.81. The Morgan fingerprint density at radius 3 is 2.78 bits per heavy atom. The number of hydrogen-bond acceptors (Lipinski definition) is 6. The zero-order chi connectivity index (χ0) is 18.5. The van der Waals surface area contributed by atoms with Gasteiger partial charge in [0.1, 0.15) is 12.1 Å². The number of benzene rings is 1. The molecule has 0 spiro atoms. The molecule has 0 saturated carbocycles. The summed E-state index contributed by atoms with van der Waals surface area (Å²) in [6.45, 7) is 3.01. The minimum Gasteiger partial charge on any atom is -0.378 e. The van der Waals surface area contributed by atoms with Gasteiger partial charge in [-0.05, 0) is 5.56 Å². The number of amides is 1. The average molecular weight is 364 g/mol. The van der Waals surface area contributed by atoms with E-state index in [-0.39, 0.29) is 5.91 Å². The fourth-order valence-electron chi connectivity index (χ4n) is 2.87. The van der Waals surface area contributed by atoms with Crippen LogP contribution in [0.15, 0.2) is 55.1 Å². The highest BCUT2D eigenvalue weighted by Gasteiger charge is 2.20. The van der Waals surface area contributed by atoms with Crippen molar-refractivity contribution in [1.29, 1.82) is 0 Å². The molecule has 1 fully saturated rings. The van der Waals surface area contributed by atoms with Gasteiger partial charge in [-0.3, -0.25) is 4.79 Å². The van der Waals surface area contributed by atoms with Gasteiger partial charge in [0.15, 0.2) is 5.82 Å². The van der Waals surface area contributed by atoms with Crippen molar-refractivity contribution in [3.05, 3.63) is 66.2 Å². The van der Waals surface area contributed by atoms with Crippen molar-refractivity contribution >= 4 is 11.7 Å². The SMILES string of the molecule is O=C(c1cnn(-c2cc(NCc3ccccc3)ncn2)c1)N1CCOCC1. The number of aromatic nitrogens is 4. The number of rotatable bonds is 5. The second-order valence-corrected chi connectivity index (χ2v) is 6.18. The number of anilines is 1. The number of carbonyl (C=O) groups is 1. The molecule has 1 aliphatic rings. The minimum atomic E-state index is -0.0407. The van der Waals surface area contributed by atoms with Crippen molar-refractivity contribution in [3.63, 3.8) is 0 Å². The highest BCUT2D eigenvalue weighted by atomic mass is 16.5.